The van der Waals surface area contributed by atoms with Crippen LogP contribution in [0.4, 0.5) is 5.69 Å². The highest BCUT2D eigenvalue weighted by Gasteiger charge is 2.28. The smallest absolute Gasteiger partial charge is 0.276 e. The van der Waals surface area contributed by atoms with Crippen LogP contribution in [-0.4, -0.2) is 63.9 Å². The van der Waals surface area contributed by atoms with Gasteiger partial charge in [0.25, 0.3) is 11.5 Å². The number of hydrogen-bond donors (Lipinski definition) is 3. The molecule has 1 aliphatic rings. The van der Waals surface area contributed by atoms with Crippen molar-refractivity contribution in [2.45, 2.75) is 12.5 Å². The molecular weight excluding hydrogens is 392 g/mol. The molecule has 4 aromatic rings. The fourth-order valence-electron chi connectivity index (χ4n) is 4.27. The van der Waals surface area contributed by atoms with Crippen molar-refractivity contribution in [3.8, 4) is 11.4 Å². The number of aromatic nitrogens is 3. The number of amides is 1. The minimum atomic E-state index is -0.335. The van der Waals surface area contributed by atoms with E-state index in [1.165, 1.54) is 0 Å². The standard InChI is InChI=1S/C23H24N6O2/c1-28(2)14-9-10-29(12-14)23(31)13-7-8-17-18(11-13)26-21(22(30)27-17)20-19(24)15-5-3-4-6-16(15)25-20/h3-8,11,14,25H,9-10,12,24H2,1-2H3,(H,27,30)/t14-/m0/s1. The van der Waals surface area contributed by atoms with Crippen molar-refractivity contribution in [1.82, 2.24) is 24.8 Å². The molecule has 5 rings (SSSR count). The highest BCUT2D eigenvalue weighted by Crippen LogP contribution is 2.30. The minimum Gasteiger partial charge on any atom is -0.396 e. The number of carbonyl (C=O) groups is 1. The number of nitrogens with one attached hydrogen (secondary N) is 2. The number of benzene rings is 2. The zero-order chi connectivity index (χ0) is 21.7. The number of likely N-dealkylation sites (tertiary alicyclic amines) is 1. The lowest BCUT2D eigenvalue weighted by Crippen LogP contribution is -2.34. The molecule has 4 N–H and O–H groups in total. The molecule has 0 radical (unpaired) electrons. The largest absolute Gasteiger partial charge is 0.396 e. The van der Waals surface area contributed by atoms with Crippen LogP contribution in [-0.2, 0) is 0 Å². The molecule has 1 saturated heterocycles. The summed E-state index contributed by atoms with van der Waals surface area (Å²) in [6, 6.07) is 13.2. The number of rotatable bonds is 3. The van der Waals surface area contributed by atoms with E-state index in [1.807, 2.05) is 43.3 Å². The number of para-hydroxylation sites is 1. The molecule has 2 aromatic carbocycles. The van der Waals surface area contributed by atoms with Crippen molar-refractivity contribution >= 4 is 33.5 Å². The third-order valence-corrected chi connectivity index (χ3v) is 6.10. The number of nitrogen functional groups attached to an aromatic ring is 1. The molecule has 0 spiro atoms. The van der Waals surface area contributed by atoms with Crippen molar-refractivity contribution in [1.29, 1.82) is 0 Å². The van der Waals surface area contributed by atoms with Gasteiger partial charge in [0.2, 0.25) is 0 Å². The van der Waals surface area contributed by atoms with Crippen molar-refractivity contribution < 1.29 is 4.79 Å². The quantitative estimate of drug-likeness (QED) is 0.475. The molecule has 8 nitrogen and oxygen atoms in total. The SMILES string of the molecule is CN(C)[C@H]1CCN(C(=O)c2ccc3[nH]c(=O)c(-c4[nH]c5ccccc5c4N)nc3c2)C1. The molecule has 0 saturated carbocycles. The summed E-state index contributed by atoms with van der Waals surface area (Å²) < 4.78 is 0. The zero-order valence-electron chi connectivity index (χ0n) is 17.5. The lowest BCUT2D eigenvalue weighted by atomic mass is 10.1. The van der Waals surface area contributed by atoms with Gasteiger partial charge in [0.05, 0.1) is 22.4 Å². The van der Waals surface area contributed by atoms with E-state index in [2.05, 4.69) is 19.9 Å². The summed E-state index contributed by atoms with van der Waals surface area (Å²) in [5.74, 6) is -0.0223. The molecule has 31 heavy (non-hydrogen) atoms. The Hall–Kier alpha value is -3.65. The Kier molecular flexibility index (Phi) is 4.51. The van der Waals surface area contributed by atoms with E-state index in [0.29, 0.717) is 40.6 Å². The molecule has 1 amide bonds. The average Bonchev–Trinajstić information content (AvgIpc) is 3.38. The first-order chi connectivity index (χ1) is 14.9. The molecule has 3 heterocycles. The van der Waals surface area contributed by atoms with Crippen molar-refractivity contribution in [3.05, 3.63) is 58.4 Å². The number of likely N-dealkylation sites (N-methyl/N-ethyl adjacent to an activating group) is 1. The van der Waals surface area contributed by atoms with E-state index in [-0.39, 0.29) is 17.2 Å². The third-order valence-electron chi connectivity index (χ3n) is 6.10. The Balaban J connectivity index is 1.55. The summed E-state index contributed by atoms with van der Waals surface area (Å²) >= 11 is 0. The summed E-state index contributed by atoms with van der Waals surface area (Å²) in [5, 5.41) is 0.840. The Morgan fingerprint density at radius 3 is 2.71 bits per heavy atom. The molecule has 1 fully saturated rings. The number of fused-ring (bicyclic) bond motifs is 2. The Labute approximate surface area is 178 Å². The summed E-state index contributed by atoms with van der Waals surface area (Å²) in [6.45, 7) is 1.44. The van der Waals surface area contributed by atoms with E-state index in [0.717, 1.165) is 23.9 Å². The molecule has 1 atom stereocenters. The van der Waals surface area contributed by atoms with Crippen LogP contribution in [0.2, 0.25) is 0 Å². The van der Waals surface area contributed by atoms with Gasteiger partial charge in [-0.05, 0) is 44.8 Å². The maximum atomic E-state index is 13.0. The van der Waals surface area contributed by atoms with Crippen LogP contribution >= 0.6 is 0 Å². The van der Waals surface area contributed by atoms with Gasteiger partial charge < -0.3 is 25.5 Å². The molecule has 0 bridgehead atoms. The van der Waals surface area contributed by atoms with E-state index in [4.69, 9.17) is 5.73 Å². The highest BCUT2D eigenvalue weighted by atomic mass is 16.2. The first-order valence-corrected chi connectivity index (χ1v) is 10.3. The number of nitrogens with zero attached hydrogens (tertiary/aromatic N) is 3. The predicted molar refractivity (Wildman–Crippen MR) is 122 cm³/mol. The first-order valence-electron chi connectivity index (χ1n) is 10.3. The lowest BCUT2D eigenvalue weighted by molar-refractivity contribution is 0.0783. The van der Waals surface area contributed by atoms with Gasteiger partial charge >= 0.3 is 0 Å². The second-order valence-electron chi connectivity index (χ2n) is 8.26. The number of hydrogen-bond acceptors (Lipinski definition) is 5. The van der Waals surface area contributed by atoms with E-state index in [9.17, 15) is 9.59 Å². The molecule has 158 valence electrons. The van der Waals surface area contributed by atoms with Crippen LogP contribution in [0.3, 0.4) is 0 Å². The van der Waals surface area contributed by atoms with Gasteiger partial charge in [0.15, 0.2) is 5.69 Å². The number of anilines is 1. The number of H-pyrrole nitrogens is 2. The normalized spacial score (nSPS) is 16.6. The van der Waals surface area contributed by atoms with E-state index in [1.54, 1.807) is 18.2 Å². The van der Waals surface area contributed by atoms with Gasteiger partial charge in [-0.25, -0.2) is 4.98 Å². The van der Waals surface area contributed by atoms with Crippen LogP contribution in [0.15, 0.2) is 47.3 Å². The van der Waals surface area contributed by atoms with Crippen molar-refractivity contribution in [3.63, 3.8) is 0 Å². The number of carbonyl (C=O) groups excluding carboxylic acids is 1. The molecular formula is C23H24N6O2. The van der Waals surface area contributed by atoms with Gasteiger partial charge in [-0.1, -0.05) is 18.2 Å². The first kappa shape index (κ1) is 19.3. The third kappa shape index (κ3) is 3.25. The molecule has 0 aliphatic carbocycles. The number of aromatic amines is 2. The second kappa shape index (κ2) is 7.24. The molecule has 8 heteroatoms. The summed E-state index contributed by atoms with van der Waals surface area (Å²) in [6.07, 6.45) is 0.960. The van der Waals surface area contributed by atoms with Crippen LogP contribution in [0.5, 0.6) is 0 Å². The van der Waals surface area contributed by atoms with Crippen molar-refractivity contribution in [2.24, 2.45) is 0 Å². The van der Waals surface area contributed by atoms with Crippen LogP contribution in [0.1, 0.15) is 16.8 Å². The minimum absolute atomic E-state index is 0.0223. The zero-order valence-corrected chi connectivity index (χ0v) is 17.5. The summed E-state index contributed by atoms with van der Waals surface area (Å²) in [7, 11) is 4.07. The average molecular weight is 416 g/mol. The summed E-state index contributed by atoms with van der Waals surface area (Å²) in [5.41, 5.74) is 9.64. The van der Waals surface area contributed by atoms with Gasteiger partial charge in [-0.15, -0.1) is 0 Å². The molecule has 1 aliphatic heterocycles. The Bertz CT molecular complexity index is 1370. The topological polar surface area (TPSA) is 111 Å². The second-order valence-corrected chi connectivity index (χ2v) is 8.26. The molecule has 0 unspecified atom stereocenters. The Morgan fingerprint density at radius 2 is 1.97 bits per heavy atom. The van der Waals surface area contributed by atoms with Crippen molar-refractivity contribution in [2.75, 3.05) is 32.9 Å². The fraction of sp³-hybridized carbons (Fsp3) is 0.261. The van der Waals surface area contributed by atoms with E-state index < -0.39 is 0 Å². The van der Waals surface area contributed by atoms with Gasteiger partial charge in [0, 0.05) is 35.6 Å². The van der Waals surface area contributed by atoms with Crippen LogP contribution in [0, 0.1) is 0 Å². The Morgan fingerprint density at radius 1 is 1.16 bits per heavy atom. The van der Waals surface area contributed by atoms with Gasteiger partial charge in [-0.3, -0.25) is 9.59 Å². The lowest BCUT2D eigenvalue weighted by Gasteiger charge is -2.20. The maximum Gasteiger partial charge on any atom is 0.276 e. The van der Waals surface area contributed by atoms with Gasteiger partial charge in [-0.2, -0.15) is 0 Å². The number of nitrogens with two attached hydrogens (primary N) is 1. The van der Waals surface area contributed by atoms with E-state index >= 15 is 0 Å². The summed E-state index contributed by atoms with van der Waals surface area (Å²) in [4.78, 5) is 40.4. The van der Waals surface area contributed by atoms with Crippen LogP contribution < -0.4 is 11.3 Å². The highest BCUT2D eigenvalue weighted by molar-refractivity contribution is 6.00. The molecule has 2 aromatic heterocycles. The van der Waals surface area contributed by atoms with Crippen LogP contribution in [0.25, 0.3) is 33.3 Å². The van der Waals surface area contributed by atoms with Gasteiger partial charge in [0.1, 0.15) is 0 Å². The predicted octanol–water partition coefficient (Wildman–Crippen LogP) is 2.43. The fourth-order valence-corrected chi connectivity index (χ4v) is 4.27. The maximum absolute atomic E-state index is 13.0. The monoisotopic (exact) mass is 416 g/mol.